The maximum absolute atomic E-state index is 12.6. The summed E-state index contributed by atoms with van der Waals surface area (Å²) in [7, 11) is 0. The van der Waals surface area contributed by atoms with E-state index < -0.39 is 6.43 Å². The molecule has 0 fully saturated rings. The Hall–Kier alpha value is -1.36. The van der Waals surface area contributed by atoms with Crippen molar-refractivity contribution in [3.8, 4) is 5.75 Å². The Morgan fingerprint density at radius 3 is 2.71 bits per heavy atom. The lowest BCUT2D eigenvalue weighted by molar-refractivity contribution is 0.153. The average Bonchev–Trinajstić information content (AvgIpc) is 2.46. The quantitative estimate of drug-likeness (QED) is 0.718. The second kappa shape index (κ2) is 3.09. The normalized spacial score (nSPS) is 11.4. The highest BCUT2D eigenvalue weighted by atomic mass is 32.1. The third-order valence-corrected chi connectivity index (χ3v) is 2.86. The molecule has 0 unspecified atom stereocenters. The molecule has 74 valence electrons. The zero-order chi connectivity index (χ0) is 10.3. The van der Waals surface area contributed by atoms with Crippen LogP contribution in [-0.4, -0.2) is 5.11 Å². The van der Waals surface area contributed by atoms with Gasteiger partial charge in [-0.15, -0.1) is 11.3 Å². The predicted molar refractivity (Wildman–Crippen MR) is 52.9 cm³/mol. The predicted octanol–water partition coefficient (Wildman–Crippen LogP) is 3.13. The van der Waals surface area contributed by atoms with Gasteiger partial charge in [-0.25, -0.2) is 8.78 Å². The van der Waals surface area contributed by atoms with E-state index in [0.29, 0.717) is 4.70 Å². The fraction of sp³-hybridized carbons (Fsp3) is 0.111. The van der Waals surface area contributed by atoms with E-state index in [-0.39, 0.29) is 22.4 Å². The van der Waals surface area contributed by atoms with Crippen LogP contribution in [0.5, 0.6) is 5.75 Å². The highest BCUT2D eigenvalue weighted by molar-refractivity contribution is 7.17. The van der Waals surface area contributed by atoms with Crippen molar-refractivity contribution >= 4 is 27.1 Å². The molecule has 0 aliphatic heterocycles. The number of thiophene rings is 1. The zero-order valence-electron chi connectivity index (χ0n) is 7.00. The average molecular weight is 215 g/mol. The summed E-state index contributed by atoms with van der Waals surface area (Å²) >= 11 is 1.20. The Morgan fingerprint density at radius 1 is 1.36 bits per heavy atom. The van der Waals surface area contributed by atoms with Crippen LogP contribution in [0.25, 0.3) is 10.1 Å². The molecule has 0 aliphatic rings. The monoisotopic (exact) mass is 215 g/mol. The van der Waals surface area contributed by atoms with Crippen molar-refractivity contribution in [1.82, 2.24) is 0 Å². The number of hydrogen-bond acceptors (Lipinski definition) is 3. The summed E-state index contributed by atoms with van der Waals surface area (Å²) in [5, 5.41) is 11.0. The van der Waals surface area contributed by atoms with Crippen molar-refractivity contribution in [2.45, 2.75) is 6.43 Å². The summed E-state index contributed by atoms with van der Waals surface area (Å²) < 4.78 is 25.7. The molecular weight excluding hydrogens is 208 g/mol. The molecule has 0 saturated carbocycles. The minimum atomic E-state index is -2.62. The fourth-order valence-corrected chi connectivity index (χ4v) is 2.28. The molecule has 0 aliphatic carbocycles. The number of halogens is 2. The van der Waals surface area contributed by atoms with Crippen LogP contribution in [0, 0.1) is 0 Å². The molecular formula is C9H7F2NOS. The largest absolute Gasteiger partial charge is 0.506 e. The Kier molecular flexibility index (Phi) is 2.03. The van der Waals surface area contributed by atoms with Gasteiger partial charge in [-0.2, -0.15) is 0 Å². The number of fused-ring (bicyclic) bond motifs is 1. The van der Waals surface area contributed by atoms with Gasteiger partial charge in [-0.3, -0.25) is 0 Å². The van der Waals surface area contributed by atoms with Crippen molar-refractivity contribution in [2.75, 3.05) is 5.73 Å². The van der Waals surface area contributed by atoms with Crippen LogP contribution in [0.2, 0.25) is 0 Å². The molecule has 1 aromatic carbocycles. The van der Waals surface area contributed by atoms with Gasteiger partial charge in [-0.1, -0.05) is 0 Å². The molecule has 0 spiro atoms. The second-order valence-electron chi connectivity index (χ2n) is 2.90. The maximum Gasteiger partial charge on any atom is 0.264 e. The molecule has 1 aromatic heterocycles. The third kappa shape index (κ3) is 1.29. The van der Waals surface area contributed by atoms with Gasteiger partial charge < -0.3 is 10.8 Å². The molecule has 0 radical (unpaired) electrons. The molecule has 3 N–H and O–H groups in total. The van der Waals surface area contributed by atoms with Crippen molar-refractivity contribution in [1.29, 1.82) is 0 Å². The molecule has 2 nitrogen and oxygen atoms in total. The van der Waals surface area contributed by atoms with Crippen LogP contribution in [0.1, 0.15) is 12.0 Å². The SMILES string of the molecule is Nc1cc(C(F)F)c2c(O)csc2c1. The highest BCUT2D eigenvalue weighted by Crippen LogP contribution is 2.39. The van der Waals surface area contributed by atoms with Crippen molar-refractivity contribution in [2.24, 2.45) is 0 Å². The Morgan fingerprint density at radius 2 is 2.07 bits per heavy atom. The number of hydrogen-bond donors (Lipinski definition) is 2. The Balaban J connectivity index is 2.83. The Labute approximate surface area is 82.6 Å². The molecule has 0 saturated heterocycles. The summed E-state index contributed by atoms with van der Waals surface area (Å²) in [5.41, 5.74) is 5.54. The fourth-order valence-electron chi connectivity index (χ4n) is 1.38. The smallest absolute Gasteiger partial charge is 0.264 e. The number of aromatic hydroxyl groups is 1. The number of anilines is 1. The molecule has 0 amide bonds. The molecule has 5 heteroatoms. The van der Waals surface area contributed by atoms with Crippen LogP contribution >= 0.6 is 11.3 Å². The molecule has 2 rings (SSSR count). The summed E-state index contributed by atoms with van der Waals surface area (Å²) in [4.78, 5) is 0. The Bertz CT molecular complexity index is 481. The van der Waals surface area contributed by atoms with Crippen molar-refractivity contribution < 1.29 is 13.9 Å². The third-order valence-electron chi connectivity index (χ3n) is 1.94. The lowest BCUT2D eigenvalue weighted by Gasteiger charge is -2.04. The second-order valence-corrected chi connectivity index (χ2v) is 3.82. The number of nitrogens with two attached hydrogens (primary N) is 1. The zero-order valence-corrected chi connectivity index (χ0v) is 7.81. The van der Waals surface area contributed by atoms with E-state index in [1.807, 2.05) is 0 Å². The topological polar surface area (TPSA) is 46.2 Å². The van der Waals surface area contributed by atoms with Gasteiger partial charge in [0, 0.05) is 26.7 Å². The molecule has 0 bridgehead atoms. The van der Waals surface area contributed by atoms with E-state index in [1.54, 1.807) is 6.07 Å². The van der Waals surface area contributed by atoms with Crippen LogP contribution in [-0.2, 0) is 0 Å². The first kappa shape index (κ1) is 9.21. The highest BCUT2D eigenvalue weighted by Gasteiger charge is 2.16. The minimum absolute atomic E-state index is 0.111. The van der Waals surface area contributed by atoms with E-state index in [9.17, 15) is 13.9 Å². The number of rotatable bonds is 1. The first-order valence-electron chi connectivity index (χ1n) is 3.87. The van der Waals surface area contributed by atoms with Gasteiger partial charge in [-0.05, 0) is 12.1 Å². The van der Waals surface area contributed by atoms with Crippen LogP contribution in [0.4, 0.5) is 14.5 Å². The molecule has 1 heterocycles. The summed E-state index contributed by atoms with van der Waals surface area (Å²) in [6.45, 7) is 0. The van der Waals surface area contributed by atoms with E-state index in [1.165, 1.54) is 22.8 Å². The van der Waals surface area contributed by atoms with Gasteiger partial charge in [0.05, 0.1) is 0 Å². The van der Waals surface area contributed by atoms with Gasteiger partial charge in [0.2, 0.25) is 0 Å². The van der Waals surface area contributed by atoms with E-state index in [0.717, 1.165) is 0 Å². The lowest BCUT2D eigenvalue weighted by Crippen LogP contribution is -1.90. The number of alkyl halides is 2. The number of benzene rings is 1. The maximum atomic E-state index is 12.6. The van der Waals surface area contributed by atoms with Gasteiger partial charge in [0.25, 0.3) is 6.43 Å². The molecule has 0 atom stereocenters. The van der Waals surface area contributed by atoms with E-state index in [4.69, 9.17) is 5.73 Å². The standard InChI is InChI=1S/C9H7F2NOS/c10-9(11)5-1-4(12)2-7-8(5)6(13)3-14-7/h1-3,9,13H,12H2. The lowest BCUT2D eigenvalue weighted by atomic mass is 10.1. The van der Waals surface area contributed by atoms with Crippen LogP contribution < -0.4 is 5.73 Å². The first-order chi connectivity index (χ1) is 6.59. The van der Waals surface area contributed by atoms with Crippen molar-refractivity contribution in [3.05, 3.63) is 23.1 Å². The van der Waals surface area contributed by atoms with Gasteiger partial charge in [0.15, 0.2) is 0 Å². The summed E-state index contributed by atoms with van der Waals surface area (Å²) in [6.07, 6.45) is -2.62. The van der Waals surface area contributed by atoms with Crippen LogP contribution in [0.15, 0.2) is 17.5 Å². The van der Waals surface area contributed by atoms with E-state index >= 15 is 0 Å². The molecule has 2 aromatic rings. The minimum Gasteiger partial charge on any atom is -0.506 e. The van der Waals surface area contributed by atoms with Crippen LogP contribution in [0.3, 0.4) is 0 Å². The van der Waals surface area contributed by atoms with Gasteiger partial charge >= 0.3 is 0 Å². The molecule has 14 heavy (non-hydrogen) atoms. The number of nitrogen functional groups attached to an aromatic ring is 1. The summed E-state index contributed by atoms with van der Waals surface area (Å²) in [6, 6.07) is 2.77. The first-order valence-corrected chi connectivity index (χ1v) is 4.75. The van der Waals surface area contributed by atoms with E-state index in [2.05, 4.69) is 0 Å². The van der Waals surface area contributed by atoms with Gasteiger partial charge in [0.1, 0.15) is 5.75 Å². The van der Waals surface area contributed by atoms with Crippen molar-refractivity contribution in [3.63, 3.8) is 0 Å². The summed E-state index contributed by atoms with van der Waals surface area (Å²) in [5.74, 6) is -0.111.